The Labute approximate surface area is 120 Å². The van der Waals surface area contributed by atoms with E-state index in [0.29, 0.717) is 13.0 Å². The highest BCUT2D eigenvalue weighted by molar-refractivity contribution is 5.76. The van der Waals surface area contributed by atoms with Crippen LogP contribution in [0.3, 0.4) is 0 Å². The van der Waals surface area contributed by atoms with Gasteiger partial charge in [0.25, 0.3) is 0 Å². The van der Waals surface area contributed by atoms with Crippen molar-refractivity contribution < 1.29 is 9.53 Å². The SMILES string of the molecule is Cc1cccc(C)c1OCCC(=O)N1CCC(N)CC1. The lowest BCUT2D eigenvalue weighted by atomic mass is 10.1. The molecule has 4 heteroatoms. The number of benzene rings is 1. The van der Waals surface area contributed by atoms with Gasteiger partial charge < -0.3 is 15.4 Å². The first-order chi connectivity index (χ1) is 9.58. The molecule has 1 amide bonds. The van der Waals surface area contributed by atoms with Gasteiger partial charge in [-0.25, -0.2) is 0 Å². The molecule has 1 fully saturated rings. The van der Waals surface area contributed by atoms with Crippen LogP contribution in [0.1, 0.15) is 30.4 Å². The molecule has 2 N–H and O–H groups in total. The molecule has 0 aliphatic carbocycles. The van der Waals surface area contributed by atoms with Crippen LogP contribution in [0.15, 0.2) is 18.2 Å². The number of likely N-dealkylation sites (tertiary alicyclic amines) is 1. The topological polar surface area (TPSA) is 55.6 Å². The van der Waals surface area contributed by atoms with Crippen molar-refractivity contribution in [1.82, 2.24) is 4.90 Å². The zero-order chi connectivity index (χ0) is 14.5. The largest absolute Gasteiger partial charge is 0.493 e. The molecule has 110 valence electrons. The van der Waals surface area contributed by atoms with Gasteiger partial charge in [0.05, 0.1) is 13.0 Å². The smallest absolute Gasteiger partial charge is 0.225 e. The van der Waals surface area contributed by atoms with E-state index in [4.69, 9.17) is 10.5 Å². The highest BCUT2D eigenvalue weighted by Crippen LogP contribution is 2.22. The van der Waals surface area contributed by atoms with Crippen LogP contribution in [0.4, 0.5) is 0 Å². The maximum Gasteiger partial charge on any atom is 0.225 e. The Morgan fingerprint density at radius 1 is 1.30 bits per heavy atom. The maximum atomic E-state index is 12.1. The molecule has 1 saturated heterocycles. The van der Waals surface area contributed by atoms with Crippen LogP contribution in [-0.4, -0.2) is 36.5 Å². The average Bonchev–Trinajstić information content (AvgIpc) is 2.42. The van der Waals surface area contributed by atoms with Crippen molar-refractivity contribution in [2.24, 2.45) is 5.73 Å². The number of carbonyl (C=O) groups is 1. The van der Waals surface area contributed by atoms with Gasteiger partial charge in [-0.05, 0) is 37.8 Å². The molecule has 1 heterocycles. The minimum absolute atomic E-state index is 0.170. The molecule has 1 aliphatic heterocycles. The standard InChI is InChI=1S/C16H24N2O2/c1-12-4-3-5-13(2)16(12)20-11-8-15(19)18-9-6-14(17)7-10-18/h3-5,14H,6-11,17H2,1-2H3. The van der Waals surface area contributed by atoms with Gasteiger partial charge in [0.2, 0.25) is 5.91 Å². The predicted octanol–water partition coefficient (Wildman–Crippen LogP) is 2.02. The predicted molar refractivity (Wildman–Crippen MR) is 79.8 cm³/mol. The minimum Gasteiger partial charge on any atom is -0.493 e. The molecule has 0 spiro atoms. The van der Waals surface area contributed by atoms with Crippen molar-refractivity contribution in [3.05, 3.63) is 29.3 Å². The summed E-state index contributed by atoms with van der Waals surface area (Å²) in [6, 6.07) is 6.32. The van der Waals surface area contributed by atoms with Crippen LogP contribution in [0.2, 0.25) is 0 Å². The van der Waals surface area contributed by atoms with Crippen molar-refractivity contribution in [1.29, 1.82) is 0 Å². The summed E-state index contributed by atoms with van der Waals surface area (Å²) in [6.07, 6.45) is 2.25. The van der Waals surface area contributed by atoms with E-state index in [2.05, 4.69) is 0 Å². The maximum absolute atomic E-state index is 12.1. The molecule has 0 saturated carbocycles. The van der Waals surface area contributed by atoms with Crippen LogP contribution in [-0.2, 0) is 4.79 Å². The Hall–Kier alpha value is -1.55. The number of para-hydroxylation sites is 1. The molecule has 1 aromatic rings. The van der Waals surface area contributed by atoms with Crippen LogP contribution in [0.25, 0.3) is 0 Å². The molecule has 20 heavy (non-hydrogen) atoms. The molecule has 1 aromatic carbocycles. The van der Waals surface area contributed by atoms with Crippen molar-refractivity contribution >= 4 is 5.91 Å². The second-order valence-electron chi connectivity index (χ2n) is 5.54. The highest BCUT2D eigenvalue weighted by Gasteiger charge is 2.20. The summed E-state index contributed by atoms with van der Waals surface area (Å²) in [5.41, 5.74) is 8.07. The lowest BCUT2D eigenvalue weighted by Crippen LogP contribution is -2.43. The normalized spacial score (nSPS) is 16.2. The zero-order valence-corrected chi connectivity index (χ0v) is 12.4. The Bertz CT molecular complexity index is 445. The second-order valence-corrected chi connectivity index (χ2v) is 5.54. The van der Waals surface area contributed by atoms with Crippen molar-refractivity contribution in [3.8, 4) is 5.75 Å². The fourth-order valence-corrected chi connectivity index (χ4v) is 2.57. The van der Waals surface area contributed by atoms with Gasteiger partial charge in [-0.15, -0.1) is 0 Å². The fraction of sp³-hybridized carbons (Fsp3) is 0.562. The van der Waals surface area contributed by atoms with Gasteiger partial charge in [0.1, 0.15) is 5.75 Å². The monoisotopic (exact) mass is 276 g/mol. The lowest BCUT2D eigenvalue weighted by Gasteiger charge is -2.30. The van der Waals surface area contributed by atoms with Crippen molar-refractivity contribution in [2.45, 2.75) is 39.2 Å². The Morgan fingerprint density at radius 2 is 1.90 bits per heavy atom. The molecule has 0 atom stereocenters. The average molecular weight is 276 g/mol. The van der Waals surface area contributed by atoms with Gasteiger partial charge in [0, 0.05) is 19.1 Å². The number of nitrogens with two attached hydrogens (primary N) is 1. The van der Waals surface area contributed by atoms with Gasteiger partial charge in [-0.1, -0.05) is 18.2 Å². The third-order valence-corrected chi connectivity index (χ3v) is 3.86. The van der Waals surface area contributed by atoms with Gasteiger partial charge in [-0.3, -0.25) is 4.79 Å². The third-order valence-electron chi connectivity index (χ3n) is 3.86. The molecule has 0 aromatic heterocycles. The van der Waals surface area contributed by atoms with Crippen molar-refractivity contribution in [2.75, 3.05) is 19.7 Å². The summed E-state index contributed by atoms with van der Waals surface area (Å²) >= 11 is 0. The van der Waals surface area contributed by atoms with Crippen LogP contribution in [0.5, 0.6) is 5.75 Å². The van der Waals surface area contributed by atoms with E-state index in [1.165, 1.54) is 0 Å². The second kappa shape index (κ2) is 6.75. The number of rotatable bonds is 4. The number of hydrogen-bond acceptors (Lipinski definition) is 3. The molecule has 0 unspecified atom stereocenters. The fourth-order valence-electron chi connectivity index (χ4n) is 2.57. The summed E-state index contributed by atoms with van der Waals surface area (Å²) in [5.74, 6) is 1.07. The molecule has 1 aliphatic rings. The molecule has 4 nitrogen and oxygen atoms in total. The van der Waals surface area contributed by atoms with Gasteiger partial charge >= 0.3 is 0 Å². The van der Waals surface area contributed by atoms with E-state index in [9.17, 15) is 4.79 Å². The molecular weight excluding hydrogens is 252 g/mol. The number of aryl methyl sites for hydroxylation is 2. The lowest BCUT2D eigenvalue weighted by molar-refractivity contribution is -0.132. The Balaban J connectivity index is 1.79. The van der Waals surface area contributed by atoms with E-state index in [0.717, 1.165) is 42.8 Å². The van der Waals surface area contributed by atoms with E-state index >= 15 is 0 Å². The van der Waals surface area contributed by atoms with Gasteiger partial charge in [-0.2, -0.15) is 0 Å². The number of hydrogen-bond donors (Lipinski definition) is 1. The van der Waals surface area contributed by atoms with Crippen LogP contribution in [0, 0.1) is 13.8 Å². The molecule has 0 bridgehead atoms. The summed E-state index contributed by atoms with van der Waals surface area (Å²) in [5, 5.41) is 0. The number of amides is 1. The summed E-state index contributed by atoms with van der Waals surface area (Å²) in [6.45, 7) is 6.05. The van der Waals surface area contributed by atoms with Crippen LogP contribution < -0.4 is 10.5 Å². The Kier molecular flexibility index (Phi) is 5.01. The quantitative estimate of drug-likeness (QED) is 0.915. The number of piperidine rings is 1. The van der Waals surface area contributed by atoms with E-state index < -0.39 is 0 Å². The summed E-state index contributed by atoms with van der Waals surface area (Å²) in [4.78, 5) is 14.0. The number of carbonyl (C=O) groups excluding carboxylic acids is 1. The summed E-state index contributed by atoms with van der Waals surface area (Å²) < 4.78 is 5.78. The summed E-state index contributed by atoms with van der Waals surface area (Å²) in [7, 11) is 0. The first-order valence-corrected chi connectivity index (χ1v) is 7.30. The van der Waals surface area contributed by atoms with E-state index in [1.54, 1.807) is 0 Å². The van der Waals surface area contributed by atoms with E-state index in [-0.39, 0.29) is 11.9 Å². The molecule has 2 rings (SSSR count). The number of ether oxygens (including phenoxy) is 1. The van der Waals surface area contributed by atoms with E-state index in [1.807, 2.05) is 36.9 Å². The Morgan fingerprint density at radius 3 is 2.50 bits per heavy atom. The van der Waals surface area contributed by atoms with Gasteiger partial charge in [0.15, 0.2) is 0 Å². The third kappa shape index (κ3) is 3.73. The highest BCUT2D eigenvalue weighted by atomic mass is 16.5. The molecular formula is C16H24N2O2. The first-order valence-electron chi connectivity index (χ1n) is 7.30. The van der Waals surface area contributed by atoms with Crippen molar-refractivity contribution in [3.63, 3.8) is 0 Å². The number of nitrogens with zero attached hydrogens (tertiary/aromatic N) is 1. The minimum atomic E-state index is 0.170. The zero-order valence-electron chi connectivity index (χ0n) is 12.4. The van der Waals surface area contributed by atoms with Crippen LogP contribution >= 0.6 is 0 Å². The molecule has 0 radical (unpaired) electrons. The first kappa shape index (κ1) is 14.9.